The predicted octanol–water partition coefficient (Wildman–Crippen LogP) is 4.55. The fourth-order valence-corrected chi connectivity index (χ4v) is 8.09. The second-order valence-electron chi connectivity index (χ2n) is 9.33. The molecule has 128 valence electrons. The molecule has 0 bridgehead atoms. The predicted molar refractivity (Wildman–Crippen MR) is 99.2 cm³/mol. The molecule has 1 N–H and O–H groups in total. The summed E-state index contributed by atoms with van der Waals surface area (Å²) in [6.45, 7) is 2.41. The first kappa shape index (κ1) is 15.6. The third-order valence-corrected chi connectivity index (χ3v) is 9.89. The molecule has 0 amide bonds. The summed E-state index contributed by atoms with van der Waals surface area (Å²) in [6, 6.07) is 0. The lowest BCUT2D eigenvalue weighted by molar-refractivity contribution is -0.0714. The van der Waals surface area contributed by atoms with Crippen LogP contribution in [0.2, 0.25) is 0 Å². The number of rotatable bonds is 1. The van der Waals surface area contributed by atoms with Crippen LogP contribution in [-0.2, 0) is 4.74 Å². The third-order valence-electron chi connectivity index (χ3n) is 8.53. The highest BCUT2D eigenvalue weighted by molar-refractivity contribution is 14.1. The van der Waals surface area contributed by atoms with Crippen molar-refractivity contribution in [1.29, 1.82) is 0 Å². The summed E-state index contributed by atoms with van der Waals surface area (Å²) in [4.78, 5) is 0. The molecule has 0 aromatic carbocycles. The molecule has 7 unspecified atom stereocenters. The van der Waals surface area contributed by atoms with E-state index >= 15 is 0 Å². The second-order valence-corrected chi connectivity index (χ2v) is 11.3. The van der Waals surface area contributed by atoms with E-state index in [0.717, 1.165) is 36.0 Å². The van der Waals surface area contributed by atoms with Gasteiger partial charge in [-0.05, 0) is 102 Å². The van der Waals surface area contributed by atoms with E-state index in [1.165, 1.54) is 38.5 Å². The van der Waals surface area contributed by atoms with Crippen molar-refractivity contribution in [3.05, 3.63) is 11.6 Å². The monoisotopic (exact) mass is 428 g/mol. The van der Waals surface area contributed by atoms with E-state index < -0.39 is 0 Å². The number of aliphatic hydroxyl groups excluding tert-OH is 1. The molecule has 5 rings (SSSR count). The molecule has 0 spiro atoms. The van der Waals surface area contributed by atoms with Crippen LogP contribution in [-0.4, -0.2) is 21.9 Å². The minimum absolute atomic E-state index is 0.00864. The molecular weight excluding hydrogens is 399 g/mol. The van der Waals surface area contributed by atoms with Crippen molar-refractivity contribution in [3.63, 3.8) is 0 Å². The Morgan fingerprint density at radius 1 is 1.17 bits per heavy atom. The molecule has 0 aromatic rings. The maximum Gasteiger partial charge on any atom is 0.122 e. The van der Waals surface area contributed by atoms with E-state index in [0.29, 0.717) is 5.92 Å². The Bertz CT molecular complexity index is 560. The van der Waals surface area contributed by atoms with E-state index in [-0.39, 0.29) is 15.1 Å². The molecule has 4 saturated carbocycles. The lowest BCUT2D eigenvalue weighted by Crippen LogP contribution is -2.49. The molecule has 0 heterocycles. The van der Waals surface area contributed by atoms with E-state index in [1.54, 1.807) is 5.57 Å². The number of allylic oxidation sites excluding steroid dienone is 1. The van der Waals surface area contributed by atoms with Crippen LogP contribution in [0.25, 0.3) is 0 Å². The largest absolute Gasteiger partial charge is 0.392 e. The smallest absolute Gasteiger partial charge is 0.122 e. The van der Waals surface area contributed by atoms with Crippen molar-refractivity contribution in [2.45, 2.75) is 61.6 Å². The maximum atomic E-state index is 10.8. The number of alkyl halides is 1. The van der Waals surface area contributed by atoms with Crippen LogP contribution in [0.3, 0.4) is 0 Å². The standard InChI is InChI=1S/C20H29IO2/c1-19-7-5-13-12-6-8-20(21,23-2)10-11(12)3-4-14(13)17(19)15-9-16(15)18(19)22/h3,12-18,22H,4-10H2,1-2H3/t12?,13?,14?,15?,16?,17?,18-,19+,20?/m1/s1. The van der Waals surface area contributed by atoms with Crippen molar-refractivity contribution in [3.8, 4) is 0 Å². The Balaban J connectivity index is 1.45. The van der Waals surface area contributed by atoms with E-state index in [4.69, 9.17) is 4.74 Å². The van der Waals surface area contributed by atoms with Crippen LogP contribution < -0.4 is 0 Å². The number of fused-ring (bicyclic) bond motifs is 7. The van der Waals surface area contributed by atoms with Gasteiger partial charge in [-0.15, -0.1) is 0 Å². The highest BCUT2D eigenvalue weighted by Gasteiger charge is 2.68. The van der Waals surface area contributed by atoms with Crippen LogP contribution >= 0.6 is 22.6 Å². The first-order valence-electron chi connectivity index (χ1n) is 9.58. The van der Waals surface area contributed by atoms with Gasteiger partial charge in [-0.1, -0.05) is 18.6 Å². The van der Waals surface area contributed by atoms with Crippen molar-refractivity contribution < 1.29 is 9.84 Å². The summed E-state index contributed by atoms with van der Waals surface area (Å²) in [7, 11) is 1.87. The van der Waals surface area contributed by atoms with Crippen LogP contribution in [0.4, 0.5) is 0 Å². The van der Waals surface area contributed by atoms with Gasteiger partial charge < -0.3 is 9.84 Å². The average molecular weight is 428 g/mol. The summed E-state index contributed by atoms with van der Waals surface area (Å²) >= 11 is 2.53. The van der Waals surface area contributed by atoms with Gasteiger partial charge in [0, 0.05) is 13.5 Å². The fourth-order valence-electron chi connectivity index (χ4n) is 7.34. The summed E-state index contributed by atoms with van der Waals surface area (Å²) in [5, 5.41) is 10.8. The van der Waals surface area contributed by atoms with Gasteiger partial charge in [0.2, 0.25) is 0 Å². The normalized spacial score (nSPS) is 60.2. The van der Waals surface area contributed by atoms with Crippen LogP contribution in [0, 0.1) is 40.9 Å². The number of ether oxygens (including phenoxy) is 1. The zero-order valence-electron chi connectivity index (χ0n) is 14.3. The zero-order chi connectivity index (χ0) is 16.0. The topological polar surface area (TPSA) is 29.5 Å². The molecule has 9 atom stereocenters. The van der Waals surface area contributed by atoms with Crippen molar-refractivity contribution in [1.82, 2.24) is 0 Å². The van der Waals surface area contributed by atoms with Gasteiger partial charge in [0.15, 0.2) is 0 Å². The van der Waals surface area contributed by atoms with Crippen molar-refractivity contribution >= 4 is 22.6 Å². The van der Waals surface area contributed by atoms with Crippen molar-refractivity contribution in [2.24, 2.45) is 40.9 Å². The Hall–Kier alpha value is 0.390. The first-order chi connectivity index (χ1) is 11.0. The molecule has 5 aliphatic carbocycles. The molecule has 23 heavy (non-hydrogen) atoms. The summed E-state index contributed by atoms with van der Waals surface area (Å²) in [6.07, 6.45) is 11.4. The second kappa shape index (κ2) is 4.97. The Labute approximate surface area is 153 Å². The SMILES string of the molecule is COC1(I)CCC2C(=CCC3C2CC[C@@]2(C)C3C3CC3[C@H]2O)C1. The fraction of sp³-hybridized carbons (Fsp3) is 0.900. The third kappa shape index (κ3) is 2.05. The summed E-state index contributed by atoms with van der Waals surface area (Å²) in [5.74, 6) is 4.84. The van der Waals surface area contributed by atoms with Crippen molar-refractivity contribution in [2.75, 3.05) is 7.11 Å². The summed E-state index contributed by atoms with van der Waals surface area (Å²) in [5.41, 5.74) is 1.93. The van der Waals surface area contributed by atoms with E-state index in [1.807, 2.05) is 7.11 Å². The highest BCUT2D eigenvalue weighted by Crippen LogP contribution is 2.71. The van der Waals surface area contributed by atoms with Gasteiger partial charge in [0.05, 0.1) is 6.10 Å². The van der Waals surface area contributed by atoms with Crippen LogP contribution in [0.1, 0.15) is 51.9 Å². The highest BCUT2D eigenvalue weighted by atomic mass is 127. The van der Waals surface area contributed by atoms with Gasteiger partial charge in [-0.3, -0.25) is 0 Å². The van der Waals surface area contributed by atoms with E-state index in [9.17, 15) is 5.11 Å². The average Bonchev–Trinajstić information content (AvgIpc) is 3.29. The van der Waals surface area contributed by atoms with Gasteiger partial charge in [-0.2, -0.15) is 0 Å². The molecule has 3 heteroatoms. The molecule has 0 saturated heterocycles. The molecule has 0 aromatic heterocycles. The number of methoxy groups -OCH3 is 1. The zero-order valence-corrected chi connectivity index (χ0v) is 16.5. The molecule has 5 aliphatic rings. The Morgan fingerprint density at radius 3 is 2.78 bits per heavy atom. The minimum Gasteiger partial charge on any atom is -0.392 e. The molecule has 4 fully saturated rings. The molecule has 0 aliphatic heterocycles. The number of hydrogen-bond acceptors (Lipinski definition) is 2. The van der Waals surface area contributed by atoms with Crippen LogP contribution in [0.15, 0.2) is 11.6 Å². The first-order valence-corrected chi connectivity index (χ1v) is 10.7. The minimum atomic E-state index is -0.00864. The maximum absolute atomic E-state index is 10.8. The Morgan fingerprint density at radius 2 is 2.00 bits per heavy atom. The quantitative estimate of drug-likeness (QED) is 0.377. The lowest BCUT2D eigenvalue weighted by atomic mass is 9.51. The number of halogens is 1. The number of hydrogen-bond donors (Lipinski definition) is 1. The van der Waals surface area contributed by atoms with Gasteiger partial charge in [0.25, 0.3) is 0 Å². The molecule has 0 radical (unpaired) electrons. The van der Waals surface area contributed by atoms with Crippen LogP contribution in [0.5, 0.6) is 0 Å². The van der Waals surface area contributed by atoms with E-state index in [2.05, 4.69) is 35.6 Å². The molecule has 2 nitrogen and oxygen atoms in total. The van der Waals surface area contributed by atoms with Gasteiger partial charge >= 0.3 is 0 Å². The lowest BCUT2D eigenvalue weighted by Gasteiger charge is -2.54. The summed E-state index contributed by atoms with van der Waals surface area (Å²) < 4.78 is 5.84. The van der Waals surface area contributed by atoms with Gasteiger partial charge in [0.1, 0.15) is 3.61 Å². The molecular formula is C20H29IO2. The Kier molecular flexibility index (Phi) is 3.38. The van der Waals surface area contributed by atoms with Gasteiger partial charge in [-0.25, -0.2) is 0 Å². The number of aliphatic hydroxyl groups is 1.